The lowest BCUT2D eigenvalue weighted by Crippen LogP contribution is -2.31. The number of hydrogen-bond donors (Lipinski definition) is 1. The van der Waals surface area contributed by atoms with Crippen molar-refractivity contribution in [1.82, 2.24) is 0 Å². The fraction of sp³-hybridized carbons (Fsp3) is 0.259. The number of halogens is 1. The first-order valence-corrected chi connectivity index (χ1v) is 11.5. The molecule has 32 heavy (non-hydrogen) atoms. The van der Waals surface area contributed by atoms with Gasteiger partial charge in [0, 0.05) is 33.5 Å². The summed E-state index contributed by atoms with van der Waals surface area (Å²) in [5.74, 6) is 1.80. The zero-order valence-electron chi connectivity index (χ0n) is 19.1. The molecule has 0 radical (unpaired) electrons. The molecular weight excluding hydrogens is 421 g/mol. The van der Waals surface area contributed by atoms with E-state index in [9.17, 15) is 4.39 Å². The second-order valence-corrected chi connectivity index (χ2v) is 9.49. The Kier molecular flexibility index (Phi) is 6.20. The molecule has 0 saturated heterocycles. The number of thioether (sulfide) groups is 1. The van der Waals surface area contributed by atoms with E-state index in [0.717, 1.165) is 33.2 Å². The fourth-order valence-corrected chi connectivity index (χ4v) is 5.44. The molecule has 166 valence electrons. The molecule has 3 aromatic carbocycles. The molecule has 0 saturated carbocycles. The summed E-state index contributed by atoms with van der Waals surface area (Å²) in [5, 5.41) is 3.64. The summed E-state index contributed by atoms with van der Waals surface area (Å²) in [6.45, 7) is 6.49. The van der Waals surface area contributed by atoms with Gasteiger partial charge in [0.2, 0.25) is 0 Å². The van der Waals surface area contributed by atoms with Gasteiger partial charge in [-0.1, -0.05) is 24.3 Å². The van der Waals surface area contributed by atoms with Crippen molar-refractivity contribution in [3.8, 4) is 22.6 Å². The van der Waals surface area contributed by atoms with Crippen LogP contribution in [0, 0.1) is 5.82 Å². The molecule has 0 fully saturated rings. The Bertz CT molecular complexity index is 1190. The number of fused-ring (bicyclic) bond motifs is 1. The van der Waals surface area contributed by atoms with Crippen molar-refractivity contribution in [2.75, 3.05) is 19.5 Å². The van der Waals surface area contributed by atoms with Crippen LogP contribution in [0.1, 0.15) is 31.9 Å². The normalized spacial score (nSPS) is 14.2. The van der Waals surface area contributed by atoms with Crippen LogP contribution in [-0.4, -0.2) is 19.8 Å². The monoisotopic (exact) mass is 449 g/mol. The fourth-order valence-electron chi connectivity index (χ4n) is 4.38. The zero-order chi connectivity index (χ0) is 22.9. The Morgan fingerprint density at radius 3 is 2.41 bits per heavy atom. The number of nitrogens with one attached hydrogen (secondary N) is 1. The second-order valence-electron chi connectivity index (χ2n) is 8.47. The van der Waals surface area contributed by atoms with Gasteiger partial charge in [-0.25, -0.2) is 4.39 Å². The van der Waals surface area contributed by atoms with E-state index >= 15 is 0 Å². The second kappa shape index (κ2) is 8.91. The third kappa shape index (κ3) is 4.35. The lowest BCUT2D eigenvalue weighted by Gasteiger charge is -2.33. The molecule has 0 unspecified atom stereocenters. The molecule has 0 atom stereocenters. The highest BCUT2D eigenvalue weighted by Crippen LogP contribution is 2.45. The summed E-state index contributed by atoms with van der Waals surface area (Å²) < 4.78 is 25.0. The topological polar surface area (TPSA) is 30.5 Å². The molecular formula is C27H28FNO2S. The number of anilines is 1. The smallest absolute Gasteiger partial charge is 0.132 e. The number of para-hydroxylation sites is 1. The number of allylic oxidation sites excluding steroid dienone is 1. The number of ether oxygens (including phenoxy) is 2. The van der Waals surface area contributed by atoms with Crippen LogP contribution < -0.4 is 14.8 Å². The van der Waals surface area contributed by atoms with Crippen molar-refractivity contribution >= 4 is 23.0 Å². The van der Waals surface area contributed by atoms with E-state index in [-0.39, 0.29) is 11.4 Å². The molecule has 1 N–H and O–H groups in total. The Hall–Kier alpha value is -2.92. The Balaban J connectivity index is 1.87. The van der Waals surface area contributed by atoms with Gasteiger partial charge in [-0.3, -0.25) is 0 Å². The van der Waals surface area contributed by atoms with Gasteiger partial charge < -0.3 is 14.8 Å². The maximum Gasteiger partial charge on any atom is 0.132 e. The SMILES string of the molecule is COc1ccccc1SCc1c(-c2ccc(F)cc2OC)ccc2c1C(C)=CC(C)(C)N2. The van der Waals surface area contributed by atoms with Gasteiger partial charge in [0.05, 0.1) is 19.8 Å². The Morgan fingerprint density at radius 1 is 0.938 bits per heavy atom. The van der Waals surface area contributed by atoms with E-state index in [4.69, 9.17) is 9.47 Å². The third-order valence-electron chi connectivity index (χ3n) is 5.64. The molecule has 1 aliphatic heterocycles. The molecule has 0 spiro atoms. The Labute approximate surface area is 193 Å². The molecule has 1 aliphatic rings. The molecule has 3 nitrogen and oxygen atoms in total. The van der Waals surface area contributed by atoms with Crippen LogP contribution in [0.5, 0.6) is 11.5 Å². The number of rotatable bonds is 6. The van der Waals surface area contributed by atoms with Crippen molar-refractivity contribution in [3.05, 3.63) is 77.6 Å². The summed E-state index contributed by atoms with van der Waals surface area (Å²) in [4.78, 5) is 1.08. The molecule has 0 bridgehead atoms. The third-order valence-corrected chi connectivity index (χ3v) is 6.72. The summed E-state index contributed by atoms with van der Waals surface area (Å²) in [6, 6.07) is 17.0. The standard InChI is InChI=1S/C27H28FNO2S/c1-17-15-27(2,3)29-22-13-12-19(20-11-10-18(28)14-24(20)31-5)21(26(17)22)16-32-25-9-7-6-8-23(25)30-4/h6-15,29H,16H2,1-5H3. The number of benzene rings is 3. The highest BCUT2D eigenvalue weighted by Gasteiger charge is 2.26. The first kappa shape index (κ1) is 22.3. The molecule has 1 heterocycles. The summed E-state index contributed by atoms with van der Waals surface area (Å²) in [5.41, 5.74) is 6.50. The van der Waals surface area contributed by atoms with Crippen LogP contribution in [-0.2, 0) is 5.75 Å². The summed E-state index contributed by atoms with van der Waals surface area (Å²) >= 11 is 1.73. The predicted molar refractivity (Wildman–Crippen MR) is 132 cm³/mol. The molecule has 0 amide bonds. The van der Waals surface area contributed by atoms with Gasteiger partial charge in [0.15, 0.2) is 0 Å². The lowest BCUT2D eigenvalue weighted by atomic mass is 9.85. The van der Waals surface area contributed by atoms with Crippen molar-refractivity contribution in [1.29, 1.82) is 0 Å². The van der Waals surface area contributed by atoms with E-state index in [2.05, 4.69) is 50.4 Å². The highest BCUT2D eigenvalue weighted by molar-refractivity contribution is 7.98. The number of hydrogen-bond acceptors (Lipinski definition) is 4. The summed E-state index contributed by atoms with van der Waals surface area (Å²) in [7, 11) is 3.27. The molecule has 0 aliphatic carbocycles. The minimum Gasteiger partial charge on any atom is -0.496 e. The first-order chi connectivity index (χ1) is 15.3. The number of methoxy groups -OCH3 is 2. The van der Waals surface area contributed by atoms with Crippen LogP contribution in [0.25, 0.3) is 16.7 Å². The van der Waals surface area contributed by atoms with Crippen molar-refractivity contribution in [2.45, 2.75) is 37.0 Å². The predicted octanol–water partition coefficient (Wildman–Crippen LogP) is 7.41. The average Bonchev–Trinajstić information content (AvgIpc) is 2.76. The lowest BCUT2D eigenvalue weighted by molar-refractivity contribution is 0.405. The van der Waals surface area contributed by atoms with Crippen molar-refractivity contribution in [2.24, 2.45) is 0 Å². The highest BCUT2D eigenvalue weighted by atomic mass is 32.2. The van der Waals surface area contributed by atoms with E-state index in [0.29, 0.717) is 5.75 Å². The Morgan fingerprint density at radius 2 is 1.66 bits per heavy atom. The quantitative estimate of drug-likeness (QED) is 0.397. The molecule has 4 rings (SSSR count). The minimum atomic E-state index is -0.312. The van der Waals surface area contributed by atoms with Crippen LogP contribution in [0.2, 0.25) is 0 Å². The van der Waals surface area contributed by atoms with Crippen LogP contribution >= 0.6 is 11.8 Å². The van der Waals surface area contributed by atoms with Crippen molar-refractivity contribution in [3.63, 3.8) is 0 Å². The molecule has 5 heteroatoms. The van der Waals surface area contributed by atoms with Crippen LogP contribution in [0.3, 0.4) is 0 Å². The zero-order valence-corrected chi connectivity index (χ0v) is 19.9. The van der Waals surface area contributed by atoms with E-state index in [1.165, 1.54) is 28.8 Å². The molecule has 0 aromatic heterocycles. The first-order valence-electron chi connectivity index (χ1n) is 10.6. The minimum absolute atomic E-state index is 0.126. The van der Waals surface area contributed by atoms with E-state index in [1.807, 2.05) is 18.2 Å². The summed E-state index contributed by atoms with van der Waals surface area (Å²) in [6.07, 6.45) is 2.26. The van der Waals surface area contributed by atoms with E-state index < -0.39 is 0 Å². The van der Waals surface area contributed by atoms with Gasteiger partial charge in [-0.15, -0.1) is 11.8 Å². The average molecular weight is 450 g/mol. The van der Waals surface area contributed by atoms with Crippen LogP contribution in [0.15, 0.2) is 65.6 Å². The largest absolute Gasteiger partial charge is 0.496 e. The van der Waals surface area contributed by atoms with Gasteiger partial charge in [-0.2, -0.15) is 0 Å². The van der Waals surface area contributed by atoms with Gasteiger partial charge in [-0.05, 0) is 67.8 Å². The van der Waals surface area contributed by atoms with Crippen molar-refractivity contribution < 1.29 is 13.9 Å². The maximum absolute atomic E-state index is 13.9. The van der Waals surface area contributed by atoms with E-state index in [1.54, 1.807) is 32.0 Å². The van der Waals surface area contributed by atoms with Gasteiger partial charge in [0.25, 0.3) is 0 Å². The van der Waals surface area contributed by atoms with Gasteiger partial charge >= 0.3 is 0 Å². The molecule has 3 aromatic rings. The maximum atomic E-state index is 13.9. The van der Waals surface area contributed by atoms with Crippen LogP contribution in [0.4, 0.5) is 10.1 Å². The van der Waals surface area contributed by atoms with Gasteiger partial charge in [0.1, 0.15) is 17.3 Å².